The molecule has 1 rings (SSSR count). The molecular formula is C7H9F4NO2. The molecule has 0 spiro atoms. The second-order valence-corrected chi connectivity index (χ2v) is 3.13. The maximum atomic E-state index is 12.0. The quantitative estimate of drug-likeness (QED) is 0.650. The lowest BCUT2D eigenvalue weighted by Gasteiger charge is -2.42. The number of rotatable bonds is 2. The Balaban J connectivity index is 2.38. The van der Waals surface area contributed by atoms with E-state index in [1.54, 1.807) is 0 Å². The molecule has 1 aliphatic heterocycles. The predicted molar refractivity (Wildman–Crippen MR) is 37.8 cm³/mol. The van der Waals surface area contributed by atoms with Crippen molar-refractivity contribution in [3.8, 4) is 0 Å². The highest BCUT2D eigenvalue weighted by Crippen LogP contribution is 2.27. The lowest BCUT2D eigenvalue weighted by Crippen LogP contribution is -2.56. The molecular weight excluding hydrogens is 206 g/mol. The molecule has 0 saturated carbocycles. The Morgan fingerprint density at radius 1 is 1.57 bits per heavy atom. The zero-order valence-electron chi connectivity index (χ0n) is 7.34. The lowest BCUT2D eigenvalue weighted by atomic mass is 9.94. The largest absolute Gasteiger partial charge is 0.492 e. The minimum atomic E-state index is -5.00. The first-order valence-corrected chi connectivity index (χ1v) is 3.98. The fourth-order valence-corrected chi connectivity index (χ4v) is 1.10. The monoisotopic (exact) mass is 215 g/mol. The van der Waals surface area contributed by atoms with Gasteiger partial charge in [0.05, 0.1) is 6.67 Å². The summed E-state index contributed by atoms with van der Waals surface area (Å²) in [5.41, 5.74) is 0. The summed E-state index contributed by atoms with van der Waals surface area (Å²) in [6.45, 7) is 0.887. The van der Waals surface area contributed by atoms with Crippen molar-refractivity contribution in [1.82, 2.24) is 5.06 Å². The van der Waals surface area contributed by atoms with Crippen molar-refractivity contribution in [1.29, 1.82) is 0 Å². The first kappa shape index (κ1) is 11.2. The third-order valence-corrected chi connectivity index (χ3v) is 2.18. The van der Waals surface area contributed by atoms with Crippen molar-refractivity contribution in [3.05, 3.63) is 0 Å². The summed E-state index contributed by atoms with van der Waals surface area (Å²) >= 11 is 0. The van der Waals surface area contributed by atoms with E-state index in [0.29, 0.717) is 0 Å². The van der Waals surface area contributed by atoms with E-state index in [4.69, 9.17) is 0 Å². The number of hydroxylamine groups is 2. The summed E-state index contributed by atoms with van der Waals surface area (Å²) in [5, 5.41) is 0.833. The van der Waals surface area contributed by atoms with Crippen molar-refractivity contribution in [2.24, 2.45) is 5.92 Å². The molecule has 82 valence electrons. The van der Waals surface area contributed by atoms with E-state index in [1.807, 2.05) is 0 Å². The molecule has 1 saturated heterocycles. The van der Waals surface area contributed by atoms with Gasteiger partial charge in [0, 0.05) is 18.5 Å². The fraction of sp³-hybridized carbons (Fsp3) is 0.857. The Labute approximate surface area is 77.6 Å². The second-order valence-electron chi connectivity index (χ2n) is 3.13. The SMILES string of the molecule is C[C@H]1[C@@H](CF)CN1OC(=O)C(F)(F)F. The van der Waals surface area contributed by atoms with Crippen LogP contribution < -0.4 is 0 Å². The number of hydrogen-bond donors (Lipinski definition) is 0. The maximum Gasteiger partial charge on any atom is 0.492 e. The zero-order valence-corrected chi connectivity index (χ0v) is 7.34. The van der Waals surface area contributed by atoms with Gasteiger partial charge in [0.2, 0.25) is 0 Å². The highest BCUT2D eigenvalue weighted by Gasteiger charge is 2.46. The third kappa shape index (κ3) is 2.14. The number of halogens is 4. The van der Waals surface area contributed by atoms with Gasteiger partial charge in [-0.15, -0.1) is 5.06 Å². The molecule has 3 nitrogen and oxygen atoms in total. The van der Waals surface area contributed by atoms with Crippen LogP contribution in [0.1, 0.15) is 6.92 Å². The van der Waals surface area contributed by atoms with Gasteiger partial charge in [-0.05, 0) is 6.92 Å². The van der Waals surface area contributed by atoms with E-state index < -0.39 is 24.9 Å². The molecule has 0 aromatic heterocycles. The van der Waals surface area contributed by atoms with Crippen LogP contribution in [0.15, 0.2) is 0 Å². The summed E-state index contributed by atoms with van der Waals surface area (Å²) in [6.07, 6.45) is -5.00. The van der Waals surface area contributed by atoms with Crippen molar-refractivity contribution < 1.29 is 27.2 Å². The Morgan fingerprint density at radius 2 is 2.14 bits per heavy atom. The van der Waals surface area contributed by atoms with Gasteiger partial charge >= 0.3 is 12.1 Å². The number of carbonyl (C=O) groups excluding carboxylic acids is 1. The highest BCUT2D eigenvalue weighted by atomic mass is 19.4. The average Bonchev–Trinajstić information content (AvgIpc) is 2.08. The molecule has 0 aliphatic carbocycles. The summed E-state index contributed by atoms with van der Waals surface area (Å²) in [6, 6.07) is -0.494. The van der Waals surface area contributed by atoms with Gasteiger partial charge in [0.15, 0.2) is 0 Å². The van der Waals surface area contributed by atoms with Crippen molar-refractivity contribution >= 4 is 5.97 Å². The van der Waals surface area contributed by atoms with Crippen LogP contribution in [0.3, 0.4) is 0 Å². The first-order valence-electron chi connectivity index (χ1n) is 3.98. The van der Waals surface area contributed by atoms with E-state index in [2.05, 4.69) is 4.84 Å². The molecule has 0 aromatic carbocycles. The lowest BCUT2D eigenvalue weighted by molar-refractivity contribution is -0.275. The van der Waals surface area contributed by atoms with Crippen LogP contribution in [0.2, 0.25) is 0 Å². The molecule has 0 unspecified atom stereocenters. The number of nitrogens with zero attached hydrogens (tertiary/aromatic N) is 1. The second kappa shape index (κ2) is 3.72. The standard InChI is InChI=1S/C7H9F4NO2/c1-4-5(2-8)3-12(4)14-6(13)7(9,10)11/h4-5H,2-3H2,1H3/t4-,5-/m0/s1. The molecule has 14 heavy (non-hydrogen) atoms. The average molecular weight is 215 g/mol. The van der Waals surface area contributed by atoms with E-state index >= 15 is 0 Å². The summed E-state index contributed by atoms with van der Waals surface area (Å²) < 4.78 is 47.1. The van der Waals surface area contributed by atoms with E-state index in [9.17, 15) is 22.4 Å². The zero-order chi connectivity index (χ0) is 10.9. The topological polar surface area (TPSA) is 29.5 Å². The van der Waals surface area contributed by atoms with Gasteiger partial charge in [0.25, 0.3) is 0 Å². The maximum absolute atomic E-state index is 12.0. The molecule has 1 aliphatic rings. The van der Waals surface area contributed by atoms with Gasteiger partial charge in [0.1, 0.15) is 0 Å². The van der Waals surface area contributed by atoms with Crippen LogP contribution in [0.25, 0.3) is 0 Å². The Hall–Kier alpha value is -0.850. The van der Waals surface area contributed by atoms with Crippen LogP contribution in [0, 0.1) is 5.92 Å². The number of alkyl halides is 4. The summed E-state index contributed by atoms with van der Waals surface area (Å²) in [7, 11) is 0. The minimum absolute atomic E-state index is 0.0134. The molecule has 2 atom stereocenters. The Morgan fingerprint density at radius 3 is 2.50 bits per heavy atom. The van der Waals surface area contributed by atoms with Crippen LogP contribution in [0.5, 0.6) is 0 Å². The molecule has 1 fully saturated rings. The molecule has 1 heterocycles. The van der Waals surface area contributed by atoms with Gasteiger partial charge in [-0.2, -0.15) is 13.2 Å². The number of hydrogen-bond acceptors (Lipinski definition) is 3. The van der Waals surface area contributed by atoms with Crippen LogP contribution in [-0.4, -0.2) is 36.5 Å². The molecule has 0 aromatic rings. The summed E-state index contributed by atoms with van der Waals surface area (Å²) in [5.74, 6) is -2.61. The molecule has 0 radical (unpaired) electrons. The molecule has 0 amide bonds. The third-order valence-electron chi connectivity index (χ3n) is 2.18. The van der Waals surface area contributed by atoms with Crippen LogP contribution >= 0.6 is 0 Å². The van der Waals surface area contributed by atoms with E-state index in [0.717, 1.165) is 5.06 Å². The smallest absolute Gasteiger partial charge is 0.361 e. The number of carbonyl (C=O) groups is 1. The van der Waals surface area contributed by atoms with Gasteiger partial charge in [-0.25, -0.2) is 4.79 Å². The molecule has 0 bridgehead atoms. The van der Waals surface area contributed by atoms with Crippen LogP contribution in [-0.2, 0) is 9.63 Å². The van der Waals surface area contributed by atoms with Crippen molar-refractivity contribution in [2.45, 2.75) is 19.1 Å². The molecule has 0 N–H and O–H groups in total. The Bertz CT molecular complexity index is 230. The fourth-order valence-electron chi connectivity index (χ4n) is 1.10. The van der Waals surface area contributed by atoms with Gasteiger partial charge in [-0.3, -0.25) is 4.39 Å². The van der Waals surface area contributed by atoms with Crippen molar-refractivity contribution in [2.75, 3.05) is 13.2 Å². The van der Waals surface area contributed by atoms with Crippen LogP contribution in [0.4, 0.5) is 17.6 Å². The minimum Gasteiger partial charge on any atom is -0.361 e. The van der Waals surface area contributed by atoms with Gasteiger partial charge < -0.3 is 4.84 Å². The molecule has 7 heteroatoms. The van der Waals surface area contributed by atoms with Gasteiger partial charge in [-0.1, -0.05) is 0 Å². The van der Waals surface area contributed by atoms with E-state index in [1.165, 1.54) is 6.92 Å². The van der Waals surface area contributed by atoms with Crippen molar-refractivity contribution in [3.63, 3.8) is 0 Å². The highest BCUT2D eigenvalue weighted by molar-refractivity contribution is 5.75. The van der Waals surface area contributed by atoms with E-state index in [-0.39, 0.29) is 12.5 Å². The predicted octanol–water partition coefficient (Wildman–Crippen LogP) is 1.30. The summed E-state index contributed by atoms with van der Waals surface area (Å²) in [4.78, 5) is 14.3. The Kier molecular flexibility index (Phi) is 2.98. The first-order chi connectivity index (χ1) is 6.36. The normalized spacial score (nSPS) is 28.4.